The van der Waals surface area contributed by atoms with Crippen molar-refractivity contribution >= 4 is 33.9 Å². The molecule has 0 radical (unpaired) electrons. The predicted octanol–water partition coefficient (Wildman–Crippen LogP) is 2.66. The Bertz CT molecular complexity index is 1610. The lowest BCUT2D eigenvalue weighted by Gasteiger charge is -2.08. The molecule has 172 valence electrons. The van der Waals surface area contributed by atoms with E-state index in [2.05, 4.69) is 15.3 Å². The predicted molar refractivity (Wildman–Crippen MR) is 128 cm³/mol. The van der Waals surface area contributed by atoms with Gasteiger partial charge in [-0.3, -0.25) is 18.7 Å². The smallest absolute Gasteiger partial charge is 0.332 e. The van der Waals surface area contributed by atoms with Crippen LogP contribution >= 0.6 is 0 Å². The van der Waals surface area contributed by atoms with Crippen LogP contribution in [-0.2, 0) is 25.4 Å². The van der Waals surface area contributed by atoms with Crippen molar-refractivity contribution in [1.82, 2.24) is 23.7 Å². The fourth-order valence-electron chi connectivity index (χ4n) is 3.89. The molecule has 5 rings (SSSR count). The number of oxazole rings is 1. The van der Waals surface area contributed by atoms with E-state index in [0.29, 0.717) is 35.7 Å². The van der Waals surface area contributed by atoms with Crippen molar-refractivity contribution in [3.63, 3.8) is 0 Å². The number of benzene rings is 2. The lowest BCUT2D eigenvalue weighted by atomic mass is 10.2. The minimum atomic E-state index is -0.427. The van der Waals surface area contributed by atoms with E-state index < -0.39 is 11.2 Å². The van der Waals surface area contributed by atoms with Crippen molar-refractivity contribution in [2.75, 3.05) is 5.32 Å². The summed E-state index contributed by atoms with van der Waals surface area (Å²) in [6.45, 7) is 0.425. The third kappa shape index (κ3) is 3.79. The summed E-state index contributed by atoms with van der Waals surface area (Å²) < 4.78 is 9.85. The first-order valence-electron chi connectivity index (χ1n) is 10.8. The normalized spacial score (nSPS) is 11.4. The maximum absolute atomic E-state index is 12.5. The minimum absolute atomic E-state index is 0.140. The van der Waals surface area contributed by atoms with Crippen LogP contribution in [0.3, 0.4) is 0 Å². The largest absolute Gasteiger partial charge is 0.436 e. The Labute approximate surface area is 193 Å². The van der Waals surface area contributed by atoms with Crippen LogP contribution in [0.15, 0.2) is 68.9 Å². The van der Waals surface area contributed by atoms with Crippen molar-refractivity contribution < 1.29 is 9.21 Å². The molecule has 1 N–H and O–H groups in total. The van der Waals surface area contributed by atoms with Gasteiger partial charge in [0, 0.05) is 38.3 Å². The van der Waals surface area contributed by atoms with Gasteiger partial charge in [0.2, 0.25) is 11.8 Å². The monoisotopic (exact) mass is 458 g/mol. The van der Waals surface area contributed by atoms with Gasteiger partial charge < -0.3 is 14.3 Å². The Kier molecular flexibility index (Phi) is 5.33. The van der Waals surface area contributed by atoms with Gasteiger partial charge in [0.25, 0.3) is 5.56 Å². The lowest BCUT2D eigenvalue weighted by Crippen LogP contribution is -2.37. The fraction of sp³-hybridized carbons (Fsp3) is 0.208. The number of hydrogen-bond acceptors (Lipinski definition) is 6. The molecule has 0 atom stereocenters. The summed E-state index contributed by atoms with van der Waals surface area (Å²) in [5, 5.41) is 2.88. The Hall–Kier alpha value is -4.47. The standard InChI is InChI=1S/C24H22N6O4/c1-28-21-20(23(32)29(2)24(28)33)30(14-25-21)13-5-8-19(31)26-16-11-9-15(10-12-16)22-27-17-6-3-4-7-18(17)34-22/h3-4,6-7,9-12,14H,5,8,13H2,1-2H3,(H,26,31). The summed E-state index contributed by atoms with van der Waals surface area (Å²) in [5.74, 6) is 0.384. The molecule has 5 aromatic rings. The van der Waals surface area contributed by atoms with Crippen molar-refractivity contribution in [3.8, 4) is 11.5 Å². The molecule has 0 saturated heterocycles. The van der Waals surface area contributed by atoms with Crippen LogP contribution in [0.4, 0.5) is 5.69 Å². The molecule has 0 saturated carbocycles. The number of para-hydroxylation sites is 2. The summed E-state index contributed by atoms with van der Waals surface area (Å²) in [7, 11) is 3.01. The number of carbonyl (C=O) groups excluding carboxylic acids is 1. The number of anilines is 1. The van der Waals surface area contributed by atoms with Gasteiger partial charge in [0.05, 0.1) is 6.33 Å². The molecule has 34 heavy (non-hydrogen) atoms. The van der Waals surface area contributed by atoms with Crippen molar-refractivity contribution in [2.45, 2.75) is 19.4 Å². The molecule has 0 aliphatic rings. The Balaban J connectivity index is 1.21. The summed E-state index contributed by atoms with van der Waals surface area (Å²) in [5.41, 5.74) is 2.85. The number of imidazole rings is 1. The lowest BCUT2D eigenvalue weighted by molar-refractivity contribution is -0.116. The molecule has 10 heteroatoms. The van der Waals surface area contributed by atoms with E-state index in [-0.39, 0.29) is 12.3 Å². The first-order chi connectivity index (χ1) is 16.4. The van der Waals surface area contributed by atoms with E-state index in [1.807, 2.05) is 36.4 Å². The molecule has 0 unspecified atom stereocenters. The van der Waals surface area contributed by atoms with Gasteiger partial charge in [-0.2, -0.15) is 0 Å². The van der Waals surface area contributed by atoms with E-state index in [4.69, 9.17) is 4.42 Å². The SMILES string of the molecule is Cn1c(=O)c2c(ncn2CCCC(=O)Nc2ccc(-c3nc4ccccc4o3)cc2)n(C)c1=O. The number of aryl methyl sites for hydroxylation is 2. The first kappa shape index (κ1) is 21.4. The van der Waals surface area contributed by atoms with Gasteiger partial charge in [-0.05, 0) is 42.8 Å². The van der Waals surface area contributed by atoms with Gasteiger partial charge in [-0.25, -0.2) is 14.8 Å². The highest BCUT2D eigenvalue weighted by atomic mass is 16.3. The number of hydrogen-bond donors (Lipinski definition) is 1. The molecular weight excluding hydrogens is 436 g/mol. The van der Waals surface area contributed by atoms with E-state index in [1.54, 1.807) is 23.7 Å². The number of fused-ring (bicyclic) bond motifs is 2. The first-order valence-corrected chi connectivity index (χ1v) is 10.8. The average molecular weight is 458 g/mol. The van der Waals surface area contributed by atoms with Gasteiger partial charge in [-0.15, -0.1) is 0 Å². The zero-order valence-corrected chi connectivity index (χ0v) is 18.7. The maximum Gasteiger partial charge on any atom is 0.332 e. The summed E-state index contributed by atoms with van der Waals surface area (Å²) in [6.07, 6.45) is 2.29. The topological polar surface area (TPSA) is 117 Å². The van der Waals surface area contributed by atoms with Crippen LogP contribution in [0.25, 0.3) is 33.7 Å². The van der Waals surface area contributed by atoms with Crippen molar-refractivity contribution in [3.05, 3.63) is 75.7 Å². The van der Waals surface area contributed by atoms with E-state index >= 15 is 0 Å². The number of aromatic nitrogens is 5. The fourth-order valence-corrected chi connectivity index (χ4v) is 3.89. The van der Waals surface area contributed by atoms with Gasteiger partial charge in [0.1, 0.15) is 5.52 Å². The van der Waals surface area contributed by atoms with Crippen LogP contribution in [0.5, 0.6) is 0 Å². The number of rotatable bonds is 6. The number of nitrogens with zero attached hydrogens (tertiary/aromatic N) is 5. The number of amides is 1. The minimum Gasteiger partial charge on any atom is -0.436 e. The molecule has 0 fully saturated rings. The van der Waals surface area contributed by atoms with Gasteiger partial charge in [-0.1, -0.05) is 12.1 Å². The summed E-state index contributed by atoms with van der Waals surface area (Å²) in [4.78, 5) is 45.6. The Morgan fingerprint density at radius 2 is 1.79 bits per heavy atom. The summed E-state index contributed by atoms with van der Waals surface area (Å²) >= 11 is 0. The number of carbonyl (C=O) groups is 1. The van der Waals surface area contributed by atoms with Crippen molar-refractivity contribution in [2.24, 2.45) is 14.1 Å². The molecule has 0 aliphatic heterocycles. The highest BCUT2D eigenvalue weighted by Gasteiger charge is 2.14. The van der Waals surface area contributed by atoms with Crippen LogP contribution in [-0.4, -0.2) is 29.6 Å². The van der Waals surface area contributed by atoms with Crippen molar-refractivity contribution in [1.29, 1.82) is 0 Å². The molecule has 10 nitrogen and oxygen atoms in total. The van der Waals surface area contributed by atoms with E-state index in [1.165, 1.54) is 17.9 Å². The van der Waals surface area contributed by atoms with Crippen LogP contribution in [0, 0.1) is 0 Å². The van der Waals surface area contributed by atoms with E-state index in [0.717, 1.165) is 21.2 Å². The molecule has 2 aromatic carbocycles. The second kappa shape index (κ2) is 8.47. The molecule has 1 amide bonds. The second-order valence-corrected chi connectivity index (χ2v) is 8.03. The summed E-state index contributed by atoms with van der Waals surface area (Å²) in [6, 6.07) is 14.9. The van der Waals surface area contributed by atoms with E-state index in [9.17, 15) is 14.4 Å². The zero-order valence-electron chi connectivity index (χ0n) is 18.7. The van der Waals surface area contributed by atoms with Gasteiger partial charge >= 0.3 is 5.69 Å². The number of nitrogens with one attached hydrogen (secondary N) is 1. The quantitative estimate of drug-likeness (QED) is 0.418. The maximum atomic E-state index is 12.5. The van der Waals surface area contributed by atoms with Crippen LogP contribution < -0.4 is 16.6 Å². The molecular formula is C24H22N6O4. The molecule has 3 aromatic heterocycles. The Morgan fingerprint density at radius 1 is 1.03 bits per heavy atom. The second-order valence-electron chi connectivity index (χ2n) is 8.03. The molecule has 0 spiro atoms. The van der Waals surface area contributed by atoms with Gasteiger partial charge in [0.15, 0.2) is 16.7 Å². The highest BCUT2D eigenvalue weighted by molar-refractivity contribution is 5.91. The van der Waals surface area contributed by atoms with Crippen LogP contribution in [0.1, 0.15) is 12.8 Å². The van der Waals surface area contributed by atoms with Crippen LogP contribution in [0.2, 0.25) is 0 Å². The average Bonchev–Trinajstić information content (AvgIpc) is 3.46. The molecule has 0 bridgehead atoms. The highest BCUT2D eigenvalue weighted by Crippen LogP contribution is 2.25. The zero-order chi connectivity index (χ0) is 23.8. The Morgan fingerprint density at radius 3 is 2.56 bits per heavy atom. The molecule has 0 aliphatic carbocycles. The third-order valence-electron chi connectivity index (χ3n) is 5.73. The molecule has 3 heterocycles. The third-order valence-corrected chi connectivity index (χ3v) is 5.73.